The summed E-state index contributed by atoms with van der Waals surface area (Å²) in [6, 6.07) is 1.38. The summed E-state index contributed by atoms with van der Waals surface area (Å²) in [7, 11) is 3.00. The third-order valence-electron chi connectivity index (χ3n) is 6.31. The fourth-order valence-corrected chi connectivity index (χ4v) is 4.43. The van der Waals surface area contributed by atoms with Crippen LogP contribution in [0.5, 0.6) is 5.88 Å². The molecule has 38 heavy (non-hydrogen) atoms. The van der Waals surface area contributed by atoms with Crippen LogP contribution in [0.1, 0.15) is 48.2 Å². The molecule has 1 atom stereocenters. The number of ether oxygens (including phenoxy) is 2. The topological polar surface area (TPSA) is 122 Å². The summed E-state index contributed by atoms with van der Waals surface area (Å²) >= 11 is 0. The SMILES string of the molecule is COCC1CCCCC=N1.COc1nc(-c2cc(N)nc(C)c2C(F)(F)F)c(F)c2c(C)c(C)nc(N)c12. The van der Waals surface area contributed by atoms with Crippen LogP contribution in [0.25, 0.3) is 22.0 Å². The number of nitrogens with zero attached hydrogens (tertiary/aromatic N) is 4. The molecule has 0 aromatic carbocycles. The highest BCUT2D eigenvalue weighted by molar-refractivity contribution is 6.00. The van der Waals surface area contributed by atoms with E-state index in [1.807, 2.05) is 6.21 Å². The lowest BCUT2D eigenvalue weighted by Crippen LogP contribution is -2.14. The van der Waals surface area contributed by atoms with Gasteiger partial charge in [0.2, 0.25) is 5.88 Å². The quantitative estimate of drug-likeness (QED) is 0.417. The second-order valence-electron chi connectivity index (χ2n) is 9.02. The molecule has 0 aliphatic carbocycles. The first-order valence-corrected chi connectivity index (χ1v) is 12.1. The maximum Gasteiger partial charge on any atom is 0.418 e. The number of halogens is 4. The van der Waals surface area contributed by atoms with Crippen molar-refractivity contribution in [2.45, 2.75) is 58.7 Å². The van der Waals surface area contributed by atoms with Crippen molar-refractivity contribution in [3.05, 3.63) is 34.4 Å². The first kappa shape index (κ1) is 29.0. The van der Waals surface area contributed by atoms with Gasteiger partial charge in [-0.2, -0.15) is 13.2 Å². The summed E-state index contributed by atoms with van der Waals surface area (Å²) in [6.45, 7) is 5.15. The van der Waals surface area contributed by atoms with E-state index in [1.54, 1.807) is 21.0 Å². The minimum absolute atomic E-state index is 0.00647. The minimum atomic E-state index is -4.79. The maximum atomic E-state index is 15.5. The summed E-state index contributed by atoms with van der Waals surface area (Å²) in [6.07, 6.45) is 2.19. The van der Waals surface area contributed by atoms with E-state index in [9.17, 15) is 13.2 Å². The maximum absolute atomic E-state index is 15.5. The number of anilines is 2. The van der Waals surface area contributed by atoms with Crippen molar-refractivity contribution in [3.8, 4) is 17.1 Å². The number of rotatable bonds is 4. The Labute approximate surface area is 218 Å². The van der Waals surface area contributed by atoms with E-state index in [2.05, 4.69) is 19.9 Å². The molecular formula is C26H32F4N6O2. The first-order valence-electron chi connectivity index (χ1n) is 12.1. The number of nitrogens with two attached hydrogens (primary N) is 2. The molecule has 4 N–H and O–H groups in total. The van der Waals surface area contributed by atoms with Crippen LogP contribution in [0.15, 0.2) is 11.1 Å². The van der Waals surface area contributed by atoms with Crippen LogP contribution in [-0.2, 0) is 10.9 Å². The second-order valence-corrected chi connectivity index (χ2v) is 9.02. The lowest BCUT2D eigenvalue weighted by atomic mass is 9.98. The molecule has 8 nitrogen and oxygen atoms in total. The number of nitrogen functional groups attached to an aromatic ring is 2. The second kappa shape index (κ2) is 11.9. The molecular weight excluding hydrogens is 504 g/mol. The van der Waals surface area contributed by atoms with Crippen LogP contribution < -0.4 is 16.2 Å². The summed E-state index contributed by atoms with van der Waals surface area (Å²) < 4.78 is 66.7. The highest BCUT2D eigenvalue weighted by atomic mass is 19.4. The molecule has 206 valence electrons. The fourth-order valence-electron chi connectivity index (χ4n) is 4.43. The van der Waals surface area contributed by atoms with Gasteiger partial charge in [0.25, 0.3) is 0 Å². The zero-order valence-electron chi connectivity index (χ0n) is 22.0. The third-order valence-corrected chi connectivity index (χ3v) is 6.31. The molecule has 0 bridgehead atoms. The Bertz CT molecular complexity index is 1340. The number of aromatic nitrogens is 3. The molecule has 0 radical (unpaired) electrons. The molecule has 0 amide bonds. The van der Waals surface area contributed by atoms with Gasteiger partial charge in [-0.3, -0.25) is 4.99 Å². The molecule has 12 heteroatoms. The Morgan fingerprint density at radius 2 is 1.71 bits per heavy atom. The van der Waals surface area contributed by atoms with Crippen molar-refractivity contribution in [3.63, 3.8) is 0 Å². The smallest absolute Gasteiger partial charge is 0.418 e. The van der Waals surface area contributed by atoms with Gasteiger partial charge in [0.05, 0.1) is 36.4 Å². The molecule has 0 saturated carbocycles. The monoisotopic (exact) mass is 536 g/mol. The van der Waals surface area contributed by atoms with Gasteiger partial charge in [0.1, 0.15) is 17.3 Å². The van der Waals surface area contributed by atoms with Gasteiger partial charge in [0, 0.05) is 23.8 Å². The van der Waals surface area contributed by atoms with Gasteiger partial charge in [-0.25, -0.2) is 19.3 Å². The Balaban J connectivity index is 0.000000336. The van der Waals surface area contributed by atoms with Crippen LogP contribution in [0, 0.1) is 26.6 Å². The van der Waals surface area contributed by atoms with Crippen molar-refractivity contribution >= 4 is 28.6 Å². The number of methoxy groups -OCH3 is 2. The molecule has 3 aromatic rings. The zero-order chi connectivity index (χ0) is 28.2. The van der Waals surface area contributed by atoms with E-state index in [0.717, 1.165) is 26.0 Å². The summed E-state index contributed by atoms with van der Waals surface area (Å²) in [4.78, 5) is 16.1. The van der Waals surface area contributed by atoms with Crippen LogP contribution in [0.2, 0.25) is 0 Å². The number of aryl methyl sites for hydroxylation is 3. The predicted molar refractivity (Wildman–Crippen MR) is 140 cm³/mol. The third kappa shape index (κ3) is 6.12. The summed E-state index contributed by atoms with van der Waals surface area (Å²) in [5, 5.41) is 0.0900. The Kier molecular flexibility index (Phi) is 9.08. The van der Waals surface area contributed by atoms with E-state index in [-0.39, 0.29) is 34.0 Å². The average Bonchev–Trinajstić information content (AvgIpc) is 3.10. The zero-order valence-corrected chi connectivity index (χ0v) is 22.0. The van der Waals surface area contributed by atoms with E-state index in [4.69, 9.17) is 20.9 Å². The average molecular weight is 537 g/mol. The van der Waals surface area contributed by atoms with E-state index in [1.165, 1.54) is 26.4 Å². The summed E-state index contributed by atoms with van der Waals surface area (Å²) in [5.74, 6) is -1.33. The van der Waals surface area contributed by atoms with E-state index in [0.29, 0.717) is 17.3 Å². The molecule has 4 rings (SSSR count). The van der Waals surface area contributed by atoms with E-state index >= 15 is 4.39 Å². The standard InChI is InChI=1S/C18H17F4N5O.C8H15NO/c1-6-7(2)26-16(24)12-11(6)14(19)15(27-17(12)28-4)9-5-10(23)25-8(3)13(9)18(20,21)22;1-10-7-8-5-3-2-4-6-9-8/h5H,1-4H3,(H2,23,25)(H2,24,26);6,8H,2-5,7H2,1H3. The molecule has 1 aliphatic rings. The highest BCUT2D eigenvalue weighted by Crippen LogP contribution is 2.43. The number of pyridine rings is 3. The molecule has 1 unspecified atom stereocenters. The molecule has 0 saturated heterocycles. The van der Waals surface area contributed by atoms with Gasteiger partial charge >= 0.3 is 6.18 Å². The normalized spacial score (nSPS) is 15.7. The number of hydrogen-bond donors (Lipinski definition) is 2. The fraction of sp³-hybridized carbons (Fsp3) is 0.462. The van der Waals surface area contributed by atoms with Crippen molar-refractivity contribution in [1.29, 1.82) is 0 Å². The largest absolute Gasteiger partial charge is 0.480 e. The molecule has 4 heterocycles. The molecule has 0 fully saturated rings. The Morgan fingerprint density at radius 1 is 1.00 bits per heavy atom. The lowest BCUT2D eigenvalue weighted by molar-refractivity contribution is -0.137. The minimum Gasteiger partial charge on any atom is -0.480 e. The van der Waals surface area contributed by atoms with Crippen LogP contribution in [0.4, 0.5) is 29.2 Å². The number of aliphatic imine (C=N–C) groups is 1. The van der Waals surface area contributed by atoms with Gasteiger partial charge < -0.3 is 20.9 Å². The van der Waals surface area contributed by atoms with Crippen molar-refractivity contribution in [1.82, 2.24) is 15.0 Å². The number of fused-ring (bicyclic) bond motifs is 1. The van der Waals surface area contributed by atoms with Gasteiger partial charge in [0.15, 0.2) is 5.82 Å². The first-order chi connectivity index (χ1) is 17.9. The van der Waals surface area contributed by atoms with Crippen LogP contribution >= 0.6 is 0 Å². The molecule has 1 aliphatic heterocycles. The number of hydrogen-bond acceptors (Lipinski definition) is 8. The molecule has 3 aromatic heterocycles. The number of alkyl halides is 3. The van der Waals surface area contributed by atoms with Crippen molar-refractivity contribution < 1.29 is 27.0 Å². The van der Waals surface area contributed by atoms with E-state index < -0.39 is 28.8 Å². The van der Waals surface area contributed by atoms with Gasteiger partial charge in [-0.05, 0) is 57.9 Å². The predicted octanol–water partition coefficient (Wildman–Crippen LogP) is 5.59. The van der Waals surface area contributed by atoms with Crippen molar-refractivity contribution in [2.75, 3.05) is 32.3 Å². The van der Waals surface area contributed by atoms with Crippen LogP contribution in [-0.4, -0.2) is 48.0 Å². The van der Waals surface area contributed by atoms with Gasteiger partial charge in [-0.1, -0.05) is 6.42 Å². The Morgan fingerprint density at radius 3 is 2.34 bits per heavy atom. The Hall–Kier alpha value is -3.54. The lowest BCUT2D eigenvalue weighted by Gasteiger charge is -2.18. The highest BCUT2D eigenvalue weighted by Gasteiger charge is 2.38. The van der Waals surface area contributed by atoms with Gasteiger partial charge in [-0.15, -0.1) is 0 Å². The van der Waals surface area contributed by atoms with Crippen LogP contribution in [0.3, 0.4) is 0 Å². The molecule has 0 spiro atoms. The summed E-state index contributed by atoms with van der Waals surface area (Å²) in [5.41, 5.74) is 9.79. The van der Waals surface area contributed by atoms with Crippen molar-refractivity contribution in [2.24, 2.45) is 4.99 Å².